The molecule has 2 amide bonds. The van der Waals surface area contributed by atoms with Crippen molar-refractivity contribution < 1.29 is 9.59 Å². The molecule has 0 unspecified atom stereocenters. The van der Waals surface area contributed by atoms with Gasteiger partial charge < -0.3 is 15.5 Å². The predicted octanol–water partition coefficient (Wildman–Crippen LogP) is 1.55. The molecule has 0 aliphatic rings. The van der Waals surface area contributed by atoms with Crippen LogP contribution in [0.4, 0.5) is 5.69 Å². The molecule has 0 aromatic heterocycles. The Bertz CT molecular complexity index is 412. The number of para-hydroxylation sites is 1. The van der Waals surface area contributed by atoms with Crippen LogP contribution in [-0.2, 0) is 9.59 Å². The van der Waals surface area contributed by atoms with Gasteiger partial charge in [-0.1, -0.05) is 32.0 Å². The molecule has 1 rings (SSSR count). The molecule has 0 saturated heterocycles. The first kappa shape index (κ1) is 17.0. The molecule has 0 radical (unpaired) electrons. The molecular weight excluding hydrogens is 266 g/mol. The van der Waals surface area contributed by atoms with Gasteiger partial charge in [0.1, 0.15) is 0 Å². The molecule has 2 N–H and O–H groups in total. The highest BCUT2D eigenvalue weighted by Gasteiger charge is 2.14. The Morgan fingerprint density at radius 2 is 1.38 bits per heavy atom. The van der Waals surface area contributed by atoms with Gasteiger partial charge in [0.05, 0.1) is 13.1 Å². The zero-order chi connectivity index (χ0) is 15.5. The van der Waals surface area contributed by atoms with E-state index in [4.69, 9.17) is 0 Å². The molecule has 0 aliphatic heterocycles. The van der Waals surface area contributed by atoms with Crippen LogP contribution in [0.5, 0.6) is 0 Å². The molecule has 1 aromatic rings. The number of rotatable bonds is 9. The summed E-state index contributed by atoms with van der Waals surface area (Å²) in [6, 6.07) is 9.52. The lowest BCUT2D eigenvalue weighted by atomic mass is 10.2. The minimum Gasteiger partial charge on any atom is -0.355 e. The Morgan fingerprint density at radius 3 is 1.81 bits per heavy atom. The van der Waals surface area contributed by atoms with Crippen molar-refractivity contribution in [3.8, 4) is 0 Å². The lowest BCUT2D eigenvalue weighted by Crippen LogP contribution is -2.43. The second kappa shape index (κ2) is 9.80. The summed E-state index contributed by atoms with van der Waals surface area (Å²) in [4.78, 5) is 25.6. The standard InChI is InChI=1S/C16H25N3O2/c1-3-10-17-15(20)12-19(13-16(21)18-11-4-2)14-8-6-5-7-9-14/h5-9H,3-4,10-13H2,1-2H3,(H,17,20)(H,18,21). The maximum atomic E-state index is 11.9. The van der Waals surface area contributed by atoms with E-state index < -0.39 is 0 Å². The van der Waals surface area contributed by atoms with E-state index in [0.717, 1.165) is 18.5 Å². The quantitative estimate of drug-likeness (QED) is 0.725. The summed E-state index contributed by atoms with van der Waals surface area (Å²) in [5, 5.41) is 5.67. The highest BCUT2D eigenvalue weighted by molar-refractivity contribution is 5.86. The summed E-state index contributed by atoms with van der Waals surface area (Å²) in [7, 11) is 0. The zero-order valence-electron chi connectivity index (χ0n) is 12.9. The predicted molar refractivity (Wildman–Crippen MR) is 85.3 cm³/mol. The minimum atomic E-state index is -0.0657. The highest BCUT2D eigenvalue weighted by Crippen LogP contribution is 2.12. The van der Waals surface area contributed by atoms with Crippen LogP contribution in [0.2, 0.25) is 0 Å². The van der Waals surface area contributed by atoms with Crippen molar-refractivity contribution in [2.24, 2.45) is 0 Å². The molecule has 0 heterocycles. The van der Waals surface area contributed by atoms with Gasteiger partial charge in [-0.05, 0) is 25.0 Å². The first-order valence-electron chi connectivity index (χ1n) is 7.50. The fraction of sp³-hybridized carbons (Fsp3) is 0.500. The van der Waals surface area contributed by atoms with E-state index in [1.54, 1.807) is 4.90 Å². The number of carbonyl (C=O) groups is 2. The Labute approximate surface area is 126 Å². The van der Waals surface area contributed by atoms with Gasteiger partial charge in [-0.25, -0.2) is 0 Å². The molecule has 5 heteroatoms. The topological polar surface area (TPSA) is 61.4 Å². The van der Waals surface area contributed by atoms with Crippen LogP contribution in [0.25, 0.3) is 0 Å². The summed E-state index contributed by atoms with van der Waals surface area (Å²) < 4.78 is 0. The number of hydrogen-bond donors (Lipinski definition) is 2. The number of hydrogen-bond acceptors (Lipinski definition) is 3. The molecule has 0 aliphatic carbocycles. The van der Waals surface area contributed by atoms with Crippen molar-refractivity contribution in [3.63, 3.8) is 0 Å². The molecule has 0 spiro atoms. The second-order valence-corrected chi connectivity index (χ2v) is 4.89. The van der Waals surface area contributed by atoms with Crippen molar-refractivity contribution in [1.29, 1.82) is 0 Å². The normalized spacial score (nSPS) is 10.0. The summed E-state index contributed by atoms with van der Waals surface area (Å²) in [5.74, 6) is -0.131. The molecule has 116 valence electrons. The van der Waals surface area contributed by atoms with Crippen LogP contribution >= 0.6 is 0 Å². The Balaban J connectivity index is 2.66. The number of nitrogens with zero attached hydrogens (tertiary/aromatic N) is 1. The first-order chi connectivity index (χ1) is 10.2. The number of benzene rings is 1. The maximum Gasteiger partial charge on any atom is 0.239 e. The summed E-state index contributed by atoms with van der Waals surface area (Å²) in [5.41, 5.74) is 0.871. The lowest BCUT2D eigenvalue weighted by molar-refractivity contribution is -0.120. The Morgan fingerprint density at radius 1 is 0.905 bits per heavy atom. The van der Waals surface area contributed by atoms with E-state index in [-0.39, 0.29) is 24.9 Å². The van der Waals surface area contributed by atoms with E-state index in [0.29, 0.717) is 13.1 Å². The summed E-state index contributed by atoms with van der Waals surface area (Å²) in [6.45, 7) is 5.70. The van der Waals surface area contributed by atoms with Crippen LogP contribution < -0.4 is 15.5 Å². The van der Waals surface area contributed by atoms with Gasteiger partial charge in [-0.2, -0.15) is 0 Å². The van der Waals surface area contributed by atoms with Crippen LogP contribution in [0.3, 0.4) is 0 Å². The third-order valence-corrected chi connectivity index (χ3v) is 2.93. The van der Waals surface area contributed by atoms with Crippen molar-refractivity contribution in [2.45, 2.75) is 26.7 Å². The van der Waals surface area contributed by atoms with Crippen molar-refractivity contribution in [2.75, 3.05) is 31.1 Å². The first-order valence-corrected chi connectivity index (χ1v) is 7.50. The van der Waals surface area contributed by atoms with E-state index in [1.165, 1.54) is 0 Å². The molecule has 0 saturated carbocycles. The van der Waals surface area contributed by atoms with Crippen molar-refractivity contribution >= 4 is 17.5 Å². The monoisotopic (exact) mass is 291 g/mol. The largest absolute Gasteiger partial charge is 0.355 e. The third-order valence-electron chi connectivity index (χ3n) is 2.93. The average Bonchev–Trinajstić information content (AvgIpc) is 2.51. The molecule has 21 heavy (non-hydrogen) atoms. The van der Waals surface area contributed by atoms with E-state index >= 15 is 0 Å². The minimum absolute atomic E-state index is 0.0657. The van der Waals surface area contributed by atoms with Crippen LogP contribution in [0.1, 0.15) is 26.7 Å². The molecule has 0 fully saturated rings. The molecule has 1 aromatic carbocycles. The van der Waals surface area contributed by atoms with Gasteiger partial charge in [-0.3, -0.25) is 9.59 Å². The molecule has 5 nitrogen and oxygen atoms in total. The number of carbonyl (C=O) groups excluding carboxylic acids is 2. The molecule has 0 bridgehead atoms. The van der Waals surface area contributed by atoms with Crippen LogP contribution in [-0.4, -0.2) is 38.0 Å². The zero-order valence-corrected chi connectivity index (χ0v) is 12.9. The second-order valence-electron chi connectivity index (χ2n) is 4.89. The number of nitrogens with one attached hydrogen (secondary N) is 2. The smallest absolute Gasteiger partial charge is 0.239 e. The van der Waals surface area contributed by atoms with E-state index in [9.17, 15) is 9.59 Å². The highest BCUT2D eigenvalue weighted by atomic mass is 16.2. The van der Waals surface area contributed by atoms with Crippen molar-refractivity contribution in [3.05, 3.63) is 30.3 Å². The van der Waals surface area contributed by atoms with Gasteiger partial charge >= 0.3 is 0 Å². The fourth-order valence-corrected chi connectivity index (χ4v) is 1.86. The van der Waals surface area contributed by atoms with Crippen LogP contribution in [0, 0.1) is 0 Å². The SMILES string of the molecule is CCCNC(=O)CN(CC(=O)NCCC)c1ccccc1. The van der Waals surface area contributed by atoms with E-state index in [1.807, 2.05) is 44.2 Å². The van der Waals surface area contributed by atoms with Gasteiger partial charge in [0.2, 0.25) is 11.8 Å². The third kappa shape index (κ3) is 6.79. The number of amides is 2. The van der Waals surface area contributed by atoms with Gasteiger partial charge in [0.15, 0.2) is 0 Å². The summed E-state index contributed by atoms with van der Waals surface area (Å²) in [6.07, 6.45) is 1.79. The van der Waals surface area contributed by atoms with Gasteiger partial charge in [0, 0.05) is 18.8 Å². The number of anilines is 1. The molecular formula is C16H25N3O2. The van der Waals surface area contributed by atoms with Gasteiger partial charge in [0.25, 0.3) is 0 Å². The Hall–Kier alpha value is -2.04. The fourth-order valence-electron chi connectivity index (χ4n) is 1.86. The van der Waals surface area contributed by atoms with E-state index in [2.05, 4.69) is 10.6 Å². The molecule has 0 atom stereocenters. The van der Waals surface area contributed by atoms with Gasteiger partial charge in [-0.15, -0.1) is 0 Å². The Kier molecular flexibility index (Phi) is 7.94. The lowest BCUT2D eigenvalue weighted by Gasteiger charge is -2.23. The van der Waals surface area contributed by atoms with Crippen LogP contribution in [0.15, 0.2) is 30.3 Å². The van der Waals surface area contributed by atoms with Crippen molar-refractivity contribution in [1.82, 2.24) is 10.6 Å². The summed E-state index contributed by atoms with van der Waals surface area (Å²) >= 11 is 0. The average molecular weight is 291 g/mol. The maximum absolute atomic E-state index is 11.9.